The van der Waals surface area contributed by atoms with Crippen LogP contribution in [0.2, 0.25) is 0 Å². The lowest BCUT2D eigenvalue weighted by atomic mass is 10.1. The van der Waals surface area contributed by atoms with Crippen molar-refractivity contribution in [1.82, 2.24) is 0 Å². The Morgan fingerprint density at radius 2 is 2.00 bits per heavy atom. The van der Waals surface area contributed by atoms with Crippen molar-refractivity contribution in [2.75, 3.05) is 25.5 Å². The van der Waals surface area contributed by atoms with Gasteiger partial charge in [0.2, 0.25) is 0 Å². The molecule has 25 heavy (non-hydrogen) atoms. The summed E-state index contributed by atoms with van der Waals surface area (Å²) in [6.07, 6.45) is 0. The average Bonchev–Trinajstić information content (AvgIpc) is 3.03. The average molecular weight is 382 g/mol. The van der Waals surface area contributed by atoms with Crippen LogP contribution >= 0.6 is 22.7 Å². The highest BCUT2D eigenvalue weighted by atomic mass is 32.1. The molecule has 0 aliphatic rings. The summed E-state index contributed by atoms with van der Waals surface area (Å²) in [5.74, 6) is -0.479. The molecule has 5 nitrogen and oxygen atoms in total. The van der Waals surface area contributed by atoms with Gasteiger partial charge in [-0.05, 0) is 50.3 Å². The zero-order chi connectivity index (χ0) is 18.6. The molecule has 1 atom stereocenters. The Kier molecular flexibility index (Phi) is 6.75. The predicted molar refractivity (Wildman–Crippen MR) is 103 cm³/mol. The molecular weight excluding hydrogens is 356 g/mol. The molecule has 2 aromatic rings. The molecule has 1 amide bonds. The maximum Gasteiger partial charge on any atom is 0.341 e. The molecule has 0 spiro atoms. The summed E-state index contributed by atoms with van der Waals surface area (Å²) in [5, 5.41) is 5.55. The van der Waals surface area contributed by atoms with Gasteiger partial charge in [0.15, 0.2) is 6.54 Å². The van der Waals surface area contributed by atoms with E-state index in [0.29, 0.717) is 23.7 Å². The van der Waals surface area contributed by atoms with Crippen LogP contribution in [0.15, 0.2) is 11.4 Å². The number of amides is 1. The van der Waals surface area contributed by atoms with Crippen molar-refractivity contribution in [3.05, 3.63) is 37.9 Å². The first-order valence-corrected chi connectivity index (χ1v) is 9.94. The SMILES string of the molecule is CCOC(=O)c1c(NC(=O)C[NH+](C)Cc2sccc2C)sc(C)c1C. The lowest BCUT2D eigenvalue weighted by Crippen LogP contribution is -3.08. The Morgan fingerprint density at radius 3 is 2.60 bits per heavy atom. The van der Waals surface area contributed by atoms with Gasteiger partial charge >= 0.3 is 5.97 Å². The van der Waals surface area contributed by atoms with Crippen molar-refractivity contribution in [1.29, 1.82) is 0 Å². The van der Waals surface area contributed by atoms with Gasteiger partial charge in [0, 0.05) is 4.88 Å². The Labute approximate surface area is 156 Å². The summed E-state index contributed by atoms with van der Waals surface area (Å²) in [5.41, 5.74) is 2.61. The largest absolute Gasteiger partial charge is 0.462 e. The van der Waals surface area contributed by atoms with Crippen LogP contribution in [0.4, 0.5) is 5.00 Å². The number of nitrogens with one attached hydrogen (secondary N) is 2. The van der Waals surface area contributed by atoms with Crippen molar-refractivity contribution < 1.29 is 19.2 Å². The number of aryl methyl sites for hydroxylation is 2. The summed E-state index contributed by atoms with van der Waals surface area (Å²) >= 11 is 3.13. The summed E-state index contributed by atoms with van der Waals surface area (Å²) in [6.45, 7) is 9.14. The molecule has 2 heterocycles. The van der Waals surface area contributed by atoms with Crippen LogP contribution in [0.25, 0.3) is 0 Å². The number of hydrogen-bond donors (Lipinski definition) is 2. The summed E-state index contributed by atoms with van der Waals surface area (Å²) in [6, 6.07) is 2.09. The summed E-state index contributed by atoms with van der Waals surface area (Å²) < 4.78 is 5.12. The molecular formula is C18H25N2O3S2+. The Morgan fingerprint density at radius 1 is 1.28 bits per heavy atom. The highest BCUT2D eigenvalue weighted by molar-refractivity contribution is 7.16. The van der Waals surface area contributed by atoms with Crippen LogP contribution in [0.1, 0.15) is 38.2 Å². The van der Waals surface area contributed by atoms with E-state index in [0.717, 1.165) is 21.9 Å². The third-order valence-corrected chi connectivity index (χ3v) is 6.16. The molecule has 136 valence electrons. The molecule has 0 radical (unpaired) electrons. The molecule has 0 aliphatic carbocycles. The minimum atomic E-state index is -0.380. The second-order valence-corrected chi connectivity index (χ2v) is 8.32. The maximum atomic E-state index is 12.4. The highest BCUT2D eigenvalue weighted by Gasteiger charge is 2.23. The standard InChI is InChI=1S/C18H24N2O3S2/c1-6-23-18(22)16-12(3)13(4)25-17(16)19-15(21)10-20(5)9-14-11(2)7-8-24-14/h7-8H,6,9-10H2,1-5H3,(H,19,21)/p+1. The van der Waals surface area contributed by atoms with Crippen molar-refractivity contribution >= 4 is 39.6 Å². The number of carbonyl (C=O) groups is 2. The van der Waals surface area contributed by atoms with E-state index in [4.69, 9.17) is 4.74 Å². The summed E-state index contributed by atoms with van der Waals surface area (Å²) in [4.78, 5) is 28.0. The van der Waals surface area contributed by atoms with Gasteiger partial charge in [-0.2, -0.15) is 0 Å². The monoisotopic (exact) mass is 381 g/mol. The van der Waals surface area contributed by atoms with Crippen molar-refractivity contribution in [2.45, 2.75) is 34.2 Å². The molecule has 2 N–H and O–H groups in total. The number of hydrogen-bond acceptors (Lipinski definition) is 5. The third kappa shape index (κ3) is 4.90. The van der Waals surface area contributed by atoms with Crippen LogP contribution in [0.3, 0.4) is 0 Å². The fourth-order valence-corrected chi connectivity index (χ4v) is 4.62. The molecule has 0 aromatic carbocycles. The van der Waals surface area contributed by atoms with Crippen LogP contribution in [-0.4, -0.2) is 32.1 Å². The van der Waals surface area contributed by atoms with Gasteiger partial charge in [-0.15, -0.1) is 22.7 Å². The van der Waals surface area contributed by atoms with Gasteiger partial charge in [-0.25, -0.2) is 4.79 Å². The van der Waals surface area contributed by atoms with E-state index in [1.165, 1.54) is 21.8 Å². The molecule has 2 rings (SSSR count). The number of thiophene rings is 2. The van der Waals surface area contributed by atoms with E-state index >= 15 is 0 Å². The molecule has 0 bridgehead atoms. The van der Waals surface area contributed by atoms with Gasteiger partial charge in [0.25, 0.3) is 5.91 Å². The van der Waals surface area contributed by atoms with Gasteiger partial charge in [0.05, 0.1) is 24.1 Å². The van der Waals surface area contributed by atoms with Gasteiger partial charge in [0.1, 0.15) is 11.5 Å². The number of quaternary nitrogens is 1. The van der Waals surface area contributed by atoms with Crippen molar-refractivity contribution in [3.63, 3.8) is 0 Å². The van der Waals surface area contributed by atoms with Crippen LogP contribution in [0, 0.1) is 20.8 Å². The fraction of sp³-hybridized carbons (Fsp3) is 0.444. The highest BCUT2D eigenvalue weighted by Crippen LogP contribution is 2.32. The number of esters is 1. The molecule has 0 saturated carbocycles. The smallest absolute Gasteiger partial charge is 0.341 e. The van der Waals surface area contributed by atoms with E-state index in [1.807, 2.05) is 20.9 Å². The van der Waals surface area contributed by atoms with E-state index in [9.17, 15) is 9.59 Å². The first-order valence-electron chi connectivity index (χ1n) is 8.24. The number of carbonyl (C=O) groups excluding carboxylic acids is 2. The van der Waals surface area contributed by atoms with Crippen LogP contribution in [0.5, 0.6) is 0 Å². The zero-order valence-corrected chi connectivity index (χ0v) is 17.0. The molecule has 0 saturated heterocycles. The molecule has 0 aliphatic heterocycles. The van der Waals surface area contributed by atoms with Gasteiger partial charge < -0.3 is 15.0 Å². The zero-order valence-electron chi connectivity index (χ0n) is 15.3. The van der Waals surface area contributed by atoms with Gasteiger partial charge in [-0.1, -0.05) is 0 Å². The molecule has 7 heteroatoms. The molecule has 2 aromatic heterocycles. The summed E-state index contributed by atoms with van der Waals surface area (Å²) in [7, 11) is 2.00. The first-order chi connectivity index (χ1) is 11.8. The van der Waals surface area contributed by atoms with E-state index in [-0.39, 0.29) is 11.9 Å². The minimum absolute atomic E-state index is 0.0986. The van der Waals surface area contributed by atoms with E-state index < -0.39 is 0 Å². The first kappa shape index (κ1) is 19.6. The van der Waals surface area contributed by atoms with Gasteiger partial charge in [-0.3, -0.25) is 4.79 Å². The van der Waals surface area contributed by atoms with E-state index in [1.54, 1.807) is 18.3 Å². The van der Waals surface area contributed by atoms with E-state index in [2.05, 4.69) is 23.7 Å². The second-order valence-electron chi connectivity index (χ2n) is 6.09. The quantitative estimate of drug-likeness (QED) is 0.725. The second kappa shape index (κ2) is 8.60. The number of ether oxygens (including phenoxy) is 1. The Balaban J connectivity index is 2.04. The number of anilines is 1. The topological polar surface area (TPSA) is 59.8 Å². The van der Waals surface area contributed by atoms with Crippen molar-refractivity contribution in [3.8, 4) is 0 Å². The third-order valence-electron chi connectivity index (χ3n) is 4.01. The van der Waals surface area contributed by atoms with Crippen LogP contribution < -0.4 is 10.2 Å². The van der Waals surface area contributed by atoms with Crippen molar-refractivity contribution in [2.24, 2.45) is 0 Å². The predicted octanol–water partition coefficient (Wildman–Crippen LogP) is 2.56. The van der Waals surface area contributed by atoms with Crippen LogP contribution in [-0.2, 0) is 16.1 Å². The lowest BCUT2D eigenvalue weighted by molar-refractivity contribution is -0.884. The molecule has 0 fully saturated rings. The lowest BCUT2D eigenvalue weighted by Gasteiger charge is -2.13. The minimum Gasteiger partial charge on any atom is -0.462 e. The number of likely N-dealkylation sites (N-methyl/N-ethyl adjacent to an activating group) is 1. The normalized spacial score (nSPS) is 12.0. The number of rotatable bonds is 7. The molecule has 1 unspecified atom stereocenters. The fourth-order valence-electron chi connectivity index (χ4n) is 2.53. The maximum absolute atomic E-state index is 12.4. The Bertz CT molecular complexity index is 764. The Hall–Kier alpha value is -1.70.